The molecule has 0 spiro atoms. The van der Waals surface area contributed by atoms with Crippen molar-refractivity contribution in [3.63, 3.8) is 0 Å². The molecule has 0 bridgehead atoms. The highest BCUT2D eigenvalue weighted by molar-refractivity contribution is 6.31. The summed E-state index contributed by atoms with van der Waals surface area (Å²) in [4.78, 5) is 4.78. The molecule has 0 radical (unpaired) electrons. The van der Waals surface area contributed by atoms with Crippen molar-refractivity contribution in [3.8, 4) is 0 Å². The fourth-order valence-corrected chi connectivity index (χ4v) is 3.33. The molecule has 1 atom stereocenters. The highest BCUT2D eigenvalue weighted by Gasteiger charge is 2.23. The quantitative estimate of drug-likeness (QED) is 0.906. The summed E-state index contributed by atoms with van der Waals surface area (Å²) in [5.74, 6) is 0.771. The van der Waals surface area contributed by atoms with Gasteiger partial charge in [-0.1, -0.05) is 29.8 Å². The average Bonchev–Trinajstić information content (AvgIpc) is 2.44. The third-order valence-corrected chi connectivity index (χ3v) is 4.75. The Morgan fingerprint density at radius 2 is 2.00 bits per heavy atom. The van der Waals surface area contributed by atoms with Gasteiger partial charge in [0.05, 0.1) is 0 Å². The SMILES string of the molecule is CN1CCC(CN(C)C(CN)c2ccccc2Cl)CC1. The highest BCUT2D eigenvalue weighted by Crippen LogP contribution is 2.27. The lowest BCUT2D eigenvalue weighted by molar-refractivity contribution is 0.151. The third-order valence-electron chi connectivity index (χ3n) is 4.40. The van der Waals surface area contributed by atoms with E-state index < -0.39 is 0 Å². The number of hydrogen-bond acceptors (Lipinski definition) is 3. The predicted octanol–water partition coefficient (Wildman–Crippen LogP) is 2.61. The molecule has 1 fully saturated rings. The summed E-state index contributed by atoms with van der Waals surface area (Å²) in [5.41, 5.74) is 7.14. The van der Waals surface area contributed by atoms with Crippen molar-refractivity contribution >= 4 is 11.6 Å². The van der Waals surface area contributed by atoms with Crippen molar-refractivity contribution in [1.82, 2.24) is 9.80 Å². The molecule has 1 aliphatic heterocycles. The van der Waals surface area contributed by atoms with Crippen LogP contribution in [0.2, 0.25) is 5.02 Å². The normalized spacial score (nSPS) is 19.4. The summed E-state index contributed by atoms with van der Waals surface area (Å²) < 4.78 is 0. The van der Waals surface area contributed by atoms with Crippen LogP contribution in [0.1, 0.15) is 24.4 Å². The number of rotatable bonds is 5. The van der Waals surface area contributed by atoms with E-state index in [4.69, 9.17) is 17.3 Å². The van der Waals surface area contributed by atoms with Crippen molar-refractivity contribution < 1.29 is 0 Å². The topological polar surface area (TPSA) is 32.5 Å². The van der Waals surface area contributed by atoms with E-state index in [1.807, 2.05) is 18.2 Å². The van der Waals surface area contributed by atoms with E-state index in [9.17, 15) is 0 Å². The van der Waals surface area contributed by atoms with Crippen molar-refractivity contribution in [2.24, 2.45) is 11.7 Å². The van der Waals surface area contributed by atoms with Gasteiger partial charge in [-0.2, -0.15) is 0 Å². The predicted molar refractivity (Wildman–Crippen MR) is 86.1 cm³/mol. The molecule has 1 aromatic carbocycles. The molecule has 2 N–H and O–H groups in total. The average molecular weight is 296 g/mol. The maximum atomic E-state index is 6.31. The summed E-state index contributed by atoms with van der Waals surface area (Å²) in [6.45, 7) is 4.11. The van der Waals surface area contributed by atoms with Crippen LogP contribution in [0.15, 0.2) is 24.3 Å². The van der Waals surface area contributed by atoms with Gasteiger partial charge in [-0.05, 0) is 57.6 Å². The van der Waals surface area contributed by atoms with E-state index in [1.165, 1.54) is 25.9 Å². The lowest BCUT2D eigenvalue weighted by Crippen LogP contribution is -2.38. The van der Waals surface area contributed by atoms with Gasteiger partial charge in [0.2, 0.25) is 0 Å². The second kappa shape index (κ2) is 7.41. The fraction of sp³-hybridized carbons (Fsp3) is 0.625. The molecule has 4 heteroatoms. The maximum Gasteiger partial charge on any atom is 0.0482 e. The van der Waals surface area contributed by atoms with Gasteiger partial charge in [-0.15, -0.1) is 0 Å². The van der Waals surface area contributed by atoms with Crippen LogP contribution in [0, 0.1) is 5.92 Å². The number of nitrogens with zero attached hydrogens (tertiary/aromatic N) is 2. The number of nitrogens with two attached hydrogens (primary N) is 1. The molecule has 112 valence electrons. The number of benzene rings is 1. The molecule has 1 aromatic rings. The Bertz CT molecular complexity index is 416. The van der Waals surface area contributed by atoms with E-state index in [-0.39, 0.29) is 6.04 Å². The summed E-state index contributed by atoms with van der Waals surface area (Å²) in [6, 6.07) is 8.25. The third kappa shape index (κ3) is 3.95. The molecule has 20 heavy (non-hydrogen) atoms. The minimum absolute atomic E-state index is 0.211. The van der Waals surface area contributed by atoms with Crippen LogP contribution >= 0.6 is 11.6 Å². The van der Waals surface area contributed by atoms with Gasteiger partial charge in [0.1, 0.15) is 0 Å². The highest BCUT2D eigenvalue weighted by atomic mass is 35.5. The Morgan fingerprint density at radius 1 is 1.35 bits per heavy atom. The van der Waals surface area contributed by atoms with Crippen LogP contribution in [0.3, 0.4) is 0 Å². The van der Waals surface area contributed by atoms with Crippen LogP contribution in [0.4, 0.5) is 0 Å². The minimum atomic E-state index is 0.211. The zero-order valence-corrected chi connectivity index (χ0v) is 13.3. The standard InChI is InChI=1S/C16H26ClN3/c1-19-9-7-13(8-10-19)12-20(2)16(11-18)14-5-3-4-6-15(14)17/h3-6,13,16H,7-12,18H2,1-2H3. The fourth-order valence-electron chi connectivity index (χ4n) is 3.07. The van der Waals surface area contributed by atoms with Crippen molar-refractivity contribution in [1.29, 1.82) is 0 Å². The molecule has 1 unspecified atom stereocenters. The van der Waals surface area contributed by atoms with Gasteiger partial charge in [-0.25, -0.2) is 0 Å². The van der Waals surface area contributed by atoms with Crippen molar-refractivity contribution in [2.45, 2.75) is 18.9 Å². The summed E-state index contributed by atoms with van der Waals surface area (Å²) >= 11 is 6.31. The molecule has 2 rings (SSSR count). The molecule has 0 aromatic heterocycles. The number of likely N-dealkylation sites (tertiary alicyclic amines) is 1. The Labute approximate surface area is 127 Å². The maximum absolute atomic E-state index is 6.31. The molecule has 1 saturated heterocycles. The first-order valence-electron chi connectivity index (χ1n) is 7.45. The molecule has 3 nitrogen and oxygen atoms in total. The minimum Gasteiger partial charge on any atom is -0.329 e. The van der Waals surface area contributed by atoms with Crippen molar-refractivity contribution in [3.05, 3.63) is 34.9 Å². The summed E-state index contributed by atoms with van der Waals surface area (Å²) in [6.07, 6.45) is 2.56. The second-order valence-corrected chi connectivity index (χ2v) is 6.37. The van der Waals surface area contributed by atoms with Gasteiger partial charge in [0.15, 0.2) is 0 Å². The number of halogens is 1. The lowest BCUT2D eigenvalue weighted by atomic mass is 9.95. The Hall–Kier alpha value is -0.610. The Balaban J connectivity index is 1.99. The Morgan fingerprint density at radius 3 is 2.60 bits per heavy atom. The summed E-state index contributed by atoms with van der Waals surface area (Å²) in [7, 11) is 4.37. The lowest BCUT2D eigenvalue weighted by Gasteiger charge is -2.35. The molecule has 0 aliphatic carbocycles. The molecule has 0 amide bonds. The Kier molecular flexibility index (Phi) is 5.85. The van der Waals surface area contributed by atoms with Gasteiger partial charge >= 0.3 is 0 Å². The van der Waals surface area contributed by atoms with Crippen molar-refractivity contribution in [2.75, 3.05) is 40.3 Å². The molecule has 0 saturated carbocycles. The van der Waals surface area contributed by atoms with Crippen LogP contribution in [-0.2, 0) is 0 Å². The zero-order chi connectivity index (χ0) is 14.5. The van der Waals surface area contributed by atoms with E-state index in [0.717, 1.165) is 23.0 Å². The largest absolute Gasteiger partial charge is 0.329 e. The number of likely N-dealkylation sites (N-methyl/N-ethyl adjacent to an activating group) is 1. The van der Waals surface area contributed by atoms with Gasteiger partial charge in [0.25, 0.3) is 0 Å². The van der Waals surface area contributed by atoms with E-state index in [2.05, 4.69) is 30.0 Å². The first-order valence-corrected chi connectivity index (χ1v) is 7.83. The van der Waals surface area contributed by atoms with Crippen LogP contribution in [0.25, 0.3) is 0 Å². The molecule has 1 heterocycles. The molecular formula is C16H26ClN3. The van der Waals surface area contributed by atoms with E-state index >= 15 is 0 Å². The van der Waals surface area contributed by atoms with Crippen LogP contribution < -0.4 is 5.73 Å². The van der Waals surface area contributed by atoms with Gasteiger partial charge in [0, 0.05) is 24.2 Å². The van der Waals surface area contributed by atoms with E-state index in [0.29, 0.717) is 6.54 Å². The smallest absolute Gasteiger partial charge is 0.0482 e. The molecule has 1 aliphatic rings. The monoisotopic (exact) mass is 295 g/mol. The van der Waals surface area contributed by atoms with Crippen LogP contribution in [-0.4, -0.2) is 50.1 Å². The van der Waals surface area contributed by atoms with E-state index in [1.54, 1.807) is 0 Å². The molecular weight excluding hydrogens is 270 g/mol. The number of piperidine rings is 1. The second-order valence-electron chi connectivity index (χ2n) is 5.96. The summed E-state index contributed by atoms with van der Waals surface area (Å²) in [5, 5.41) is 0.818. The van der Waals surface area contributed by atoms with Gasteiger partial charge in [-0.3, -0.25) is 4.90 Å². The zero-order valence-electron chi connectivity index (χ0n) is 12.6. The first-order chi connectivity index (χ1) is 9.61. The first kappa shape index (κ1) is 15.8. The van der Waals surface area contributed by atoms with Gasteiger partial charge < -0.3 is 10.6 Å². The number of hydrogen-bond donors (Lipinski definition) is 1. The van der Waals surface area contributed by atoms with Crippen LogP contribution in [0.5, 0.6) is 0 Å².